The maximum atomic E-state index is 6.32. The summed E-state index contributed by atoms with van der Waals surface area (Å²) in [6.45, 7) is 8.36. The molecule has 0 amide bonds. The van der Waals surface area contributed by atoms with E-state index in [-0.39, 0.29) is 18.3 Å². The molecule has 158 valence electrons. The van der Waals surface area contributed by atoms with Crippen molar-refractivity contribution in [3.8, 4) is 5.69 Å². The fourth-order valence-corrected chi connectivity index (χ4v) is 4.60. The molecular formula is C27H25BN2O2. The van der Waals surface area contributed by atoms with Crippen LogP contribution in [0.1, 0.15) is 27.7 Å². The van der Waals surface area contributed by atoms with Gasteiger partial charge in [-0.3, -0.25) is 4.98 Å². The van der Waals surface area contributed by atoms with Gasteiger partial charge < -0.3 is 13.9 Å². The van der Waals surface area contributed by atoms with Gasteiger partial charge in [-0.1, -0.05) is 36.4 Å². The van der Waals surface area contributed by atoms with Gasteiger partial charge in [0, 0.05) is 34.2 Å². The zero-order valence-electron chi connectivity index (χ0n) is 18.8. The normalized spacial score (nSPS) is 17.6. The van der Waals surface area contributed by atoms with E-state index in [4.69, 9.17) is 9.31 Å². The van der Waals surface area contributed by atoms with Crippen molar-refractivity contribution >= 4 is 45.2 Å². The van der Waals surface area contributed by atoms with Gasteiger partial charge in [0.05, 0.1) is 22.2 Å². The van der Waals surface area contributed by atoms with E-state index in [2.05, 4.69) is 104 Å². The summed E-state index contributed by atoms with van der Waals surface area (Å²) >= 11 is 0. The molecule has 3 aromatic carbocycles. The molecule has 3 heterocycles. The first-order valence-electron chi connectivity index (χ1n) is 11.1. The monoisotopic (exact) mass is 420 g/mol. The number of hydrogen-bond donors (Lipinski definition) is 0. The largest absolute Gasteiger partial charge is 0.494 e. The second-order valence-electron chi connectivity index (χ2n) is 9.62. The molecule has 1 fully saturated rings. The van der Waals surface area contributed by atoms with Crippen LogP contribution in [-0.2, 0) is 9.31 Å². The molecule has 5 aromatic rings. The lowest BCUT2D eigenvalue weighted by atomic mass is 9.78. The fourth-order valence-electron chi connectivity index (χ4n) is 4.60. The summed E-state index contributed by atoms with van der Waals surface area (Å²) in [5.41, 5.74) is 3.81. The van der Waals surface area contributed by atoms with E-state index in [1.165, 1.54) is 27.2 Å². The minimum Gasteiger partial charge on any atom is -0.399 e. The van der Waals surface area contributed by atoms with Crippen molar-refractivity contribution in [1.29, 1.82) is 0 Å². The van der Waals surface area contributed by atoms with Crippen molar-refractivity contribution in [3.05, 3.63) is 79.1 Å². The van der Waals surface area contributed by atoms with E-state index < -0.39 is 0 Å². The van der Waals surface area contributed by atoms with Crippen molar-refractivity contribution in [1.82, 2.24) is 9.55 Å². The second kappa shape index (κ2) is 6.68. The molecule has 1 saturated heterocycles. The SMILES string of the molecule is CC1(C)OB(c2ccc3c(c2)c2ccccc2n3-c2ccc3cnccc3c2)OC1(C)C. The Hall–Kier alpha value is -3.15. The standard InChI is InChI=1S/C27H25BN2O2/c1-26(2)27(3,4)32-28(31-26)20-10-12-25-23(16-20)22-7-5-6-8-24(22)30(25)21-11-9-19-17-29-14-13-18(19)15-21/h5-17H,1-4H3. The Bertz CT molecular complexity index is 1490. The summed E-state index contributed by atoms with van der Waals surface area (Å²) < 4.78 is 15.0. The van der Waals surface area contributed by atoms with Gasteiger partial charge in [0.25, 0.3) is 0 Å². The lowest BCUT2D eigenvalue weighted by molar-refractivity contribution is 0.00578. The Morgan fingerprint density at radius 3 is 2.31 bits per heavy atom. The van der Waals surface area contributed by atoms with E-state index in [9.17, 15) is 0 Å². The third-order valence-electron chi connectivity index (χ3n) is 7.10. The first-order chi connectivity index (χ1) is 15.3. The van der Waals surface area contributed by atoms with Gasteiger partial charge in [-0.2, -0.15) is 0 Å². The van der Waals surface area contributed by atoms with Crippen molar-refractivity contribution in [2.45, 2.75) is 38.9 Å². The van der Waals surface area contributed by atoms with Crippen molar-refractivity contribution in [3.63, 3.8) is 0 Å². The highest BCUT2D eigenvalue weighted by Crippen LogP contribution is 2.37. The van der Waals surface area contributed by atoms with E-state index >= 15 is 0 Å². The topological polar surface area (TPSA) is 36.3 Å². The number of fused-ring (bicyclic) bond motifs is 4. The van der Waals surface area contributed by atoms with E-state index in [0.717, 1.165) is 16.5 Å². The highest BCUT2D eigenvalue weighted by atomic mass is 16.7. The zero-order chi connectivity index (χ0) is 22.1. The molecule has 0 aliphatic carbocycles. The molecule has 0 saturated carbocycles. The summed E-state index contributed by atoms with van der Waals surface area (Å²) in [6, 6.07) is 23.7. The summed E-state index contributed by atoms with van der Waals surface area (Å²) in [4.78, 5) is 4.24. The molecule has 0 radical (unpaired) electrons. The average molecular weight is 420 g/mol. The highest BCUT2D eigenvalue weighted by molar-refractivity contribution is 6.62. The third-order valence-corrected chi connectivity index (χ3v) is 7.10. The van der Waals surface area contributed by atoms with Gasteiger partial charge >= 0.3 is 7.12 Å². The predicted octanol–water partition coefficient (Wildman–Crippen LogP) is 5.63. The number of hydrogen-bond acceptors (Lipinski definition) is 3. The molecule has 5 heteroatoms. The maximum absolute atomic E-state index is 6.32. The second-order valence-corrected chi connectivity index (χ2v) is 9.62. The van der Waals surface area contributed by atoms with Crippen LogP contribution in [0.4, 0.5) is 0 Å². The smallest absolute Gasteiger partial charge is 0.399 e. The van der Waals surface area contributed by atoms with Crippen LogP contribution in [0, 0.1) is 0 Å². The van der Waals surface area contributed by atoms with Gasteiger partial charge in [-0.15, -0.1) is 0 Å². The molecule has 0 N–H and O–H groups in total. The Kier molecular flexibility index (Phi) is 4.08. The van der Waals surface area contributed by atoms with Crippen LogP contribution >= 0.6 is 0 Å². The first-order valence-corrected chi connectivity index (χ1v) is 11.1. The number of aromatic nitrogens is 2. The van der Waals surface area contributed by atoms with Crippen molar-refractivity contribution in [2.24, 2.45) is 0 Å². The molecule has 0 bridgehead atoms. The molecular weight excluding hydrogens is 395 g/mol. The Labute approximate surface area is 187 Å². The van der Waals surface area contributed by atoms with Gasteiger partial charge in [-0.05, 0) is 68.9 Å². The number of benzene rings is 3. The van der Waals surface area contributed by atoms with Crippen molar-refractivity contribution < 1.29 is 9.31 Å². The van der Waals surface area contributed by atoms with Crippen LogP contribution in [0.2, 0.25) is 0 Å². The summed E-state index contributed by atoms with van der Waals surface area (Å²) in [7, 11) is -0.375. The molecule has 0 atom stereocenters. The lowest BCUT2D eigenvalue weighted by Gasteiger charge is -2.32. The Morgan fingerprint density at radius 2 is 1.50 bits per heavy atom. The van der Waals surface area contributed by atoms with E-state index in [1.54, 1.807) is 0 Å². The molecule has 1 aliphatic heterocycles. The van der Waals surface area contributed by atoms with Crippen LogP contribution < -0.4 is 5.46 Å². The molecule has 2 aromatic heterocycles. The highest BCUT2D eigenvalue weighted by Gasteiger charge is 2.51. The van der Waals surface area contributed by atoms with Crippen LogP contribution in [0.15, 0.2) is 79.1 Å². The first kappa shape index (κ1) is 19.5. The number of rotatable bonds is 2. The Balaban J connectivity index is 1.55. The minimum atomic E-state index is -0.375. The predicted molar refractivity (Wildman–Crippen MR) is 132 cm³/mol. The molecule has 32 heavy (non-hydrogen) atoms. The zero-order valence-corrected chi connectivity index (χ0v) is 18.8. The quantitative estimate of drug-likeness (QED) is 0.347. The fraction of sp³-hybridized carbons (Fsp3) is 0.222. The van der Waals surface area contributed by atoms with Crippen LogP contribution in [-0.4, -0.2) is 27.9 Å². The van der Waals surface area contributed by atoms with Crippen LogP contribution in [0.25, 0.3) is 38.3 Å². The van der Waals surface area contributed by atoms with E-state index in [1.807, 2.05) is 12.4 Å². The maximum Gasteiger partial charge on any atom is 0.494 e. The molecule has 0 spiro atoms. The van der Waals surface area contributed by atoms with Gasteiger partial charge in [-0.25, -0.2) is 0 Å². The third kappa shape index (κ3) is 2.82. The van der Waals surface area contributed by atoms with E-state index in [0.29, 0.717) is 0 Å². The minimum absolute atomic E-state index is 0.361. The molecule has 6 rings (SSSR count). The lowest BCUT2D eigenvalue weighted by Crippen LogP contribution is -2.41. The number of para-hydroxylation sites is 1. The van der Waals surface area contributed by atoms with Gasteiger partial charge in [0.2, 0.25) is 0 Å². The van der Waals surface area contributed by atoms with Crippen molar-refractivity contribution in [2.75, 3.05) is 0 Å². The summed E-state index contributed by atoms with van der Waals surface area (Å²) in [6.07, 6.45) is 3.75. The summed E-state index contributed by atoms with van der Waals surface area (Å²) in [5.74, 6) is 0. The average Bonchev–Trinajstić information content (AvgIpc) is 3.23. The molecule has 4 nitrogen and oxygen atoms in total. The number of nitrogens with zero attached hydrogens (tertiary/aromatic N) is 2. The molecule has 1 aliphatic rings. The number of pyridine rings is 1. The molecule has 0 unspecified atom stereocenters. The van der Waals surface area contributed by atoms with Crippen LogP contribution in [0.3, 0.4) is 0 Å². The van der Waals surface area contributed by atoms with Gasteiger partial charge in [0.1, 0.15) is 0 Å². The van der Waals surface area contributed by atoms with Crippen LogP contribution in [0.5, 0.6) is 0 Å². The Morgan fingerprint density at radius 1 is 0.750 bits per heavy atom. The summed E-state index contributed by atoms with van der Waals surface area (Å²) in [5, 5.41) is 4.73. The van der Waals surface area contributed by atoms with Gasteiger partial charge in [0.15, 0.2) is 0 Å².